The molecule has 1 aliphatic heterocycles. The summed E-state index contributed by atoms with van der Waals surface area (Å²) in [5.74, 6) is 0.606. The molecule has 1 fully saturated rings. The lowest BCUT2D eigenvalue weighted by molar-refractivity contribution is 0.214. The first-order chi connectivity index (χ1) is 9.16. The molecule has 1 N–H and O–H groups in total. The summed E-state index contributed by atoms with van der Waals surface area (Å²) < 4.78 is 5.71. The van der Waals surface area contributed by atoms with E-state index in [1.807, 2.05) is 19.1 Å². The maximum atomic E-state index is 6.13. The molecule has 0 aromatic heterocycles. The normalized spacial score (nSPS) is 16.6. The van der Waals surface area contributed by atoms with Gasteiger partial charge in [-0.2, -0.15) is 0 Å². The number of rotatable bonds is 5. The number of nitrogens with zero attached hydrogens (tertiary/aromatic N) is 1. The van der Waals surface area contributed by atoms with Gasteiger partial charge >= 0.3 is 0 Å². The lowest BCUT2D eigenvalue weighted by Gasteiger charge is -2.27. The lowest BCUT2D eigenvalue weighted by atomic mass is 10.2. The van der Waals surface area contributed by atoms with E-state index in [2.05, 4.69) is 10.2 Å². The van der Waals surface area contributed by atoms with Crippen LogP contribution >= 0.6 is 23.2 Å². The molecule has 0 bridgehead atoms. The first kappa shape index (κ1) is 14.9. The lowest BCUT2D eigenvalue weighted by Crippen LogP contribution is -2.43. The van der Waals surface area contributed by atoms with Crippen molar-refractivity contribution < 1.29 is 4.74 Å². The summed E-state index contributed by atoms with van der Waals surface area (Å²) in [6, 6.07) is 3.75. The average Bonchev–Trinajstić information content (AvgIpc) is 2.38. The zero-order valence-electron chi connectivity index (χ0n) is 11.2. The van der Waals surface area contributed by atoms with Crippen LogP contribution in [-0.2, 0) is 0 Å². The topological polar surface area (TPSA) is 24.5 Å². The molecule has 1 aromatic carbocycles. The number of benzene rings is 1. The maximum absolute atomic E-state index is 6.13. The number of aryl methyl sites for hydroxylation is 1. The molecule has 0 spiro atoms. The van der Waals surface area contributed by atoms with Crippen LogP contribution in [0.5, 0.6) is 5.75 Å². The van der Waals surface area contributed by atoms with Crippen molar-refractivity contribution in [3.05, 3.63) is 27.7 Å². The minimum absolute atomic E-state index is 0.590. The van der Waals surface area contributed by atoms with Crippen LogP contribution in [-0.4, -0.2) is 44.2 Å². The summed E-state index contributed by atoms with van der Waals surface area (Å²) >= 11 is 12.3. The van der Waals surface area contributed by atoms with Gasteiger partial charge in [0.25, 0.3) is 0 Å². The predicted octanol–water partition coefficient (Wildman–Crippen LogP) is 2.98. The molecule has 0 unspecified atom stereocenters. The van der Waals surface area contributed by atoms with Crippen molar-refractivity contribution in [3.8, 4) is 5.75 Å². The highest BCUT2D eigenvalue weighted by Crippen LogP contribution is 2.33. The van der Waals surface area contributed by atoms with Gasteiger partial charge in [0, 0.05) is 32.7 Å². The van der Waals surface area contributed by atoms with Gasteiger partial charge in [-0.05, 0) is 31.0 Å². The molecule has 0 radical (unpaired) electrons. The van der Waals surface area contributed by atoms with Gasteiger partial charge in [-0.15, -0.1) is 0 Å². The molecule has 5 heteroatoms. The van der Waals surface area contributed by atoms with Gasteiger partial charge in [-0.3, -0.25) is 0 Å². The van der Waals surface area contributed by atoms with Gasteiger partial charge in [-0.1, -0.05) is 23.2 Å². The van der Waals surface area contributed by atoms with E-state index >= 15 is 0 Å². The van der Waals surface area contributed by atoms with Crippen molar-refractivity contribution in [2.75, 3.05) is 39.3 Å². The zero-order valence-corrected chi connectivity index (χ0v) is 12.7. The molecule has 0 saturated carbocycles. The van der Waals surface area contributed by atoms with Crippen molar-refractivity contribution in [3.63, 3.8) is 0 Å². The number of halogens is 2. The Morgan fingerprint density at radius 2 is 1.84 bits per heavy atom. The van der Waals surface area contributed by atoms with E-state index in [1.165, 1.54) is 0 Å². The number of piperazine rings is 1. The average molecular weight is 303 g/mol. The summed E-state index contributed by atoms with van der Waals surface area (Å²) in [4.78, 5) is 2.44. The molecule has 1 heterocycles. The Morgan fingerprint density at radius 1 is 1.21 bits per heavy atom. The monoisotopic (exact) mass is 302 g/mol. The second-order valence-electron chi connectivity index (χ2n) is 4.85. The van der Waals surface area contributed by atoms with E-state index < -0.39 is 0 Å². The third-order valence-corrected chi connectivity index (χ3v) is 3.78. The first-order valence-corrected chi connectivity index (χ1v) is 7.44. The van der Waals surface area contributed by atoms with E-state index in [4.69, 9.17) is 27.9 Å². The number of hydrogen-bond acceptors (Lipinski definition) is 3. The van der Waals surface area contributed by atoms with Gasteiger partial charge in [0.05, 0.1) is 16.7 Å². The fraction of sp³-hybridized carbons (Fsp3) is 0.571. The molecule has 3 nitrogen and oxygen atoms in total. The predicted molar refractivity (Wildman–Crippen MR) is 80.6 cm³/mol. The fourth-order valence-electron chi connectivity index (χ4n) is 2.22. The summed E-state index contributed by atoms with van der Waals surface area (Å²) in [5.41, 5.74) is 1.04. The smallest absolute Gasteiger partial charge is 0.156 e. The number of nitrogens with one attached hydrogen (secondary N) is 1. The van der Waals surface area contributed by atoms with Crippen LogP contribution in [0, 0.1) is 6.92 Å². The van der Waals surface area contributed by atoms with E-state index in [1.54, 1.807) is 0 Å². The van der Waals surface area contributed by atoms with Crippen LogP contribution in [0.3, 0.4) is 0 Å². The molecule has 0 atom stereocenters. The molecule has 1 aliphatic rings. The second-order valence-corrected chi connectivity index (χ2v) is 5.67. The first-order valence-electron chi connectivity index (χ1n) is 6.68. The Morgan fingerprint density at radius 3 is 2.47 bits per heavy atom. The maximum Gasteiger partial charge on any atom is 0.156 e. The van der Waals surface area contributed by atoms with Crippen LogP contribution < -0.4 is 10.1 Å². The minimum Gasteiger partial charge on any atom is -0.490 e. The molecule has 0 amide bonds. The quantitative estimate of drug-likeness (QED) is 0.846. The number of ether oxygens (including phenoxy) is 1. The van der Waals surface area contributed by atoms with Crippen molar-refractivity contribution in [2.45, 2.75) is 13.3 Å². The van der Waals surface area contributed by atoms with Crippen molar-refractivity contribution >= 4 is 23.2 Å². The molecule has 0 aliphatic carbocycles. The van der Waals surface area contributed by atoms with Crippen LogP contribution in [0.4, 0.5) is 0 Å². The Labute approximate surface area is 124 Å². The van der Waals surface area contributed by atoms with Crippen LogP contribution in [0.15, 0.2) is 12.1 Å². The Hall–Kier alpha value is -0.480. The van der Waals surface area contributed by atoms with Crippen LogP contribution in [0.25, 0.3) is 0 Å². The summed E-state index contributed by atoms with van der Waals surface area (Å²) in [7, 11) is 0. The highest BCUT2D eigenvalue weighted by molar-refractivity contribution is 6.37. The second kappa shape index (κ2) is 7.34. The van der Waals surface area contributed by atoms with Crippen molar-refractivity contribution in [2.24, 2.45) is 0 Å². The summed E-state index contributed by atoms with van der Waals surface area (Å²) in [6.45, 7) is 8.06. The standard InChI is InChI=1S/C14H20Cl2N2O/c1-11-9-12(15)14(13(16)10-11)19-8-2-5-18-6-3-17-4-7-18/h9-10,17H,2-8H2,1H3. The van der Waals surface area contributed by atoms with Crippen molar-refractivity contribution in [1.82, 2.24) is 10.2 Å². The van der Waals surface area contributed by atoms with E-state index in [0.717, 1.165) is 44.7 Å². The van der Waals surface area contributed by atoms with Gasteiger partial charge in [0.2, 0.25) is 0 Å². The third-order valence-electron chi connectivity index (χ3n) is 3.22. The molecule has 106 valence electrons. The molecule has 2 rings (SSSR count). The molecule has 1 aromatic rings. The minimum atomic E-state index is 0.590. The van der Waals surface area contributed by atoms with E-state index in [0.29, 0.717) is 22.4 Å². The highest BCUT2D eigenvalue weighted by atomic mass is 35.5. The van der Waals surface area contributed by atoms with E-state index in [-0.39, 0.29) is 0 Å². The van der Waals surface area contributed by atoms with Gasteiger partial charge in [0.15, 0.2) is 5.75 Å². The molecular weight excluding hydrogens is 283 g/mol. The largest absolute Gasteiger partial charge is 0.490 e. The summed E-state index contributed by atoms with van der Waals surface area (Å²) in [6.07, 6.45) is 0.987. The SMILES string of the molecule is Cc1cc(Cl)c(OCCCN2CCNCC2)c(Cl)c1. The fourth-order valence-corrected chi connectivity index (χ4v) is 2.93. The third kappa shape index (κ3) is 4.53. The Balaban J connectivity index is 1.76. The van der Waals surface area contributed by atoms with Crippen LogP contribution in [0.2, 0.25) is 10.0 Å². The number of hydrogen-bond donors (Lipinski definition) is 1. The Kier molecular flexibility index (Phi) is 5.76. The van der Waals surface area contributed by atoms with Crippen LogP contribution in [0.1, 0.15) is 12.0 Å². The van der Waals surface area contributed by atoms with Gasteiger partial charge in [0.1, 0.15) is 0 Å². The Bertz CT molecular complexity index is 397. The highest BCUT2D eigenvalue weighted by Gasteiger charge is 2.10. The molecule has 1 saturated heterocycles. The van der Waals surface area contributed by atoms with Crippen molar-refractivity contribution in [1.29, 1.82) is 0 Å². The van der Waals surface area contributed by atoms with Gasteiger partial charge in [-0.25, -0.2) is 0 Å². The summed E-state index contributed by atoms with van der Waals surface area (Å²) in [5, 5.41) is 4.52. The van der Waals surface area contributed by atoms with Gasteiger partial charge < -0.3 is 15.0 Å². The molecular formula is C14H20Cl2N2O. The molecule has 19 heavy (non-hydrogen) atoms. The van der Waals surface area contributed by atoms with E-state index in [9.17, 15) is 0 Å². The zero-order chi connectivity index (χ0) is 13.7.